The summed E-state index contributed by atoms with van der Waals surface area (Å²) in [6.07, 6.45) is 1.57. The third-order valence-corrected chi connectivity index (χ3v) is 7.17. The van der Waals surface area contributed by atoms with Gasteiger partial charge in [0.2, 0.25) is 5.91 Å². The number of nitrogens with zero attached hydrogens (tertiary/aromatic N) is 2. The second-order valence-corrected chi connectivity index (χ2v) is 9.68. The number of likely N-dealkylation sites (tertiary alicyclic amines) is 1. The topological polar surface area (TPSA) is 96.0 Å². The Labute approximate surface area is 189 Å². The highest BCUT2D eigenvalue weighted by atomic mass is 32.2. The minimum Gasteiger partial charge on any atom is -0.466 e. The quantitative estimate of drug-likeness (QED) is 0.610. The minimum atomic E-state index is -3.78. The van der Waals surface area contributed by atoms with Gasteiger partial charge >= 0.3 is 5.97 Å². The molecule has 8 nitrogen and oxygen atoms in total. The van der Waals surface area contributed by atoms with Gasteiger partial charge in [-0.3, -0.25) is 18.8 Å². The molecule has 1 fully saturated rings. The van der Waals surface area contributed by atoms with Crippen LogP contribution in [-0.2, 0) is 24.3 Å². The van der Waals surface area contributed by atoms with Gasteiger partial charge in [0.25, 0.3) is 10.0 Å². The first-order chi connectivity index (χ1) is 15.3. The number of sulfonamides is 1. The van der Waals surface area contributed by atoms with E-state index < -0.39 is 10.0 Å². The SMILES string of the molecule is CCOC(=O)C1CCCN(CC(=O)Nc2cccc(S(=O)(=O)N(C)c3ccccc3)c2)C1. The van der Waals surface area contributed by atoms with E-state index in [1.54, 1.807) is 43.3 Å². The van der Waals surface area contributed by atoms with E-state index in [0.717, 1.165) is 19.4 Å². The molecule has 0 saturated carbocycles. The first-order valence-electron chi connectivity index (χ1n) is 10.6. The van der Waals surface area contributed by atoms with E-state index in [4.69, 9.17) is 4.74 Å². The van der Waals surface area contributed by atoms with Gasteiger partial charge in [0.1, 0.15) is 0 Å². The maximum absolute atomic E-state index is 13.0. The van der Waals surface area contributed by atoms with Crippen LogP contribution in [0.25, 0.3) is 0 Å². The maximum Gasteiger partial charge on any atom is 0.310 e. The lowest BCUT2D eigenvalue weighted by Gasteiger charge is -2.30. The van der Waals surface area contributed by atoms with Crippen LogP contribution in [-0.4, -0.2) is 58.5 Å². The third-order valence-electron chi connectivity index (χ3n) is 5.39. The summed E-state index contributed by atoms with van der Waals surface area (Å²) in [4.78, 5) is 26.6. The summed E-state index contributed by atoms with van der Waals surface area (Å²) in [7, 11) is -2.29. The number of rotatable bonds is 8. The fourth-order valence-electron chi connectivity index (χ4n) is 3.72. The van der Waals surface area contributed by atoms with Crippen LogP contribution in [0.1, 0.15) is 19.8 Å². The van der Waals surface area contributed by atoms with Crippen LogP contribution in [0.4, 0.5) is 11.4 Å². The molecule has 0 radical (unpaired) electrons. The Bertz CT molecular complexity index is 1040. The monoisotopic (exact) mass is 459 g/mol. The van der Waals surface area contributed by atoms with Gasteiger partial charge in [0.15, 0.2) is 0 Å². The fraction of sp³-hybridized carbons (Fsp3) is 0.391. The highest BCUT2D eigenvalue weighted by Crippen LogP contribution is 2.24. The summed E-state index contributed by atoms with van der Waals surface area (Å²) in [5.41, 5.74) is 0.944. The molecule has 1 N–H and O–H groups in total. The number of anilines is 2. The zero-order chi connectivity index (χ0) is 23.1. The van der Waals surface area contributed by atoms with Crippen molar-refractivity contribution in [1.82, 2.24) is 4.90 Å². The van der Waals surface area contributed by atoms with Gasteiger partial charge < -0.3 is 10.1 Å². The van der Waals surface area contributed by atoms with E-state index in [0.29, 0.717) is 24.5 Å². The first kappa shape index (κ1) is 23.7. The van der Waals surface area contributed by atoms with Gasteiger partial charge in [0, 0.05) is 19.3 Å². The van der Waals surface area contributed by atoms with Crippen molar-refractivity contribution < 1.29 is 22.7 Å². The molecule has 1 heterocycles. The van der Waals surface area contributed by atoms with Gasteiger partial charge in [0.05, 0.1) is 29.7 Å². The van der Waals surface area contributed by atoms with E-state index >= 15 is 0 Å². The Morgan fingerprint density at radius 1 is 1.16 bits per heavy atom. The molecule has 2 aromatic carbocycles. The highest BCUT2D eigenvalue weighted by Gasteiger charge is 2.28. The maximum atomic E-state index is 13.0. The molecule has 1 aliphatic heterocycles. The van der Waals surface area contributed by atoms with Crippen LogP contribution in [0.3, 0.4) is 0 Å². The van der Waals surface area contributed by atoms with Crippen LogP contribution in [0.5, 0.6) is 0 Å². The molecular weight excluding hydrogens is 430 g/mol. The average Bonchev–Trinajstić information content (AvgIpc) is 2.79. The number of benzene rings is 2. The lowest BCUT2D eigenvalue weighted by atomic mass is 9.98. The lowest BCUT2D eigenvalue weighted by molar-refractivity contribution is -0.150. The molecule has 1 saturated heterocycles. The fourth-order valence-corrected chi connectivity index (χ4v) is 4.97. The molecule has 0 aliphatic carbocycles. The van der Waals surface area contributed by atoms with Gasteiger partial charge in [-0.25, -0.2) is 8.42 Å². The predicted molar refractivity (Wildman–Crippen MR) is 123 cm³/mol. The van der Waals surface area contributed by atoms with Gasteiger partial charge in [-0.2, -0.15) is 0 Å². The Hall–Kier alpha value is -2.91. The van der Waals surface area contributed by atoms with E-state index in [1.807, 2.05) is 11.0 Å². The number of carbonyl (C=O) groups is 2. The van der Waals surface area contributed by atoms with Crippen LogP contribution >= 0.6 is 0 Å². The number of esters is 1. The van der Waals surface area contributed by atoms with E-state index in [2.05, 4.69) is 5.32 Å². The Morgan fingerprint density at radius 3 is 2.62 bits per heavy atom. The number of ether oxygens (including phenoxy) is 1. The third kappa shape index (κ3) is 5.86. The zero-order valence-electron chi connectivity index (χ0n) is 18.4. The molecule has 3 rings (SSSR count). The lowest BCUT2D eigenvalue weighted by Crippen LogP contribution is -2.43. The van der Waals surface area contributed by atoms with Crippen molar-refractivity contribution in [3.8, 4) is 0 Å². The minimum absolute atomic E-state index is 0.0852. The number of piperidine rings is 1. The number of hydrogen-bond donors (Lipinski definition) is 1. The molecule has 0 bridgehead atoms. The summed E-state index contributed by atoms with van der Waals surface area (Å²) >= 11 is 0. The van der Waals surface area contributed by atoms with Crippen molar-refractivity contribution in [2.24, 2.45) is 5.92 Å². The highest BCUT2D eigenvalue weighted by molar-refractivity contribution is 7.92. The Balaban J connectivity index is 1.64. The predicted octanol–water partition coefficient (Wildman–Crippen LogP) is 2.73. The second-order valence-electron chi connectivity index (χ2n) is 7.71. The first-order valence-corrected chi connectivity index (χ1v) is 12.1. The van der Waals surface area contributed by atoms with Crippen molar-refractivity contribution in [3.05, 3.63) is 54.6 Å². The molecule has 0 aromatic heterocycles. The Morgan fingerprint density at radius 2 is 1.91 bits per heavy atom. The van der Waals surface area contributed by atoms with Crippen molar-refractivity contribution in [1.29, 1.82) is 0 Å². The smallest absolute Gasteiger partial charge is 0.310 e. The number of para-hydroxylation sites is 1. The summed E-state index contributed by atoms with van der Waals surface area (Å²) in [5.74, 6) is -0.711. The molecule has 0 spiro atoms. The summed E-state index contributed by atoms with van der Waals surface area (Å²) in [5, 5.41) is 2.77. The van der Waals surface area contributed by atoms with Crippen LogP contribution < -0.4 is 9.62 Å². The standard InChI is InChI=1S/C23H29N3O5S/c1-3-31-23(28)18-9-8-14-26(16-18)17-22(27)24-19-10-7-13-21(15-19)32(29,30)25(2)20-11-5-4-6-12-20/h4-7,10-13,15,18H,3,8-9,14,16-17H2,1-2H3,(H,24,27). The van der Waals surface area contributed by atoms with Crippen molar-refractivity contribution in [3.63, 3.8) is 0 Å². The van der Waals surface area contributed by atoms with Crippen molar-refractivity contribution >= 4 is 33.3 Å². The summed E-state index contributed by atoms with van der Waals surface area (Å²) in [6, 6.07) is 15.0. The molecular formula is C23H29N3O5S. The van der Waals surface area contributed by atoms with Gasteiger partial charge in [-0.15, -0.1) is 0 Å². The zero-order valence-corrected chi connectivity index (χ0v) is 19.2. The van der Waals surface area contributed by atoms with Gasteiger partial charge in [-0.1, -0.05) is 24.3 Å². The number of amides is 1. The van der Waals surface area contributed by atoms with Crippen LogP contribution in [0.2, 0.25) is 0 Å². The molecule has 1 atom stereocenters. The number of nitrogens with one attached hydrogen (secondary N) is 1. The van der Waals surface area contributed by atoms with Crippen molar-refractivity contribution in [2.45, 2.75) is 24.7 Å². The molecule has 2 aromatic rings. The van der Waals surface area contributed by atoms with E-state index in [-0.39, 0.29) is 29.2 Å². The molecule has 9 heteroatoms. The summed E-state index contributed by atoms with van der Waals surface area (Å²) in [6.45, 7) is 3.44. The van der Waals surface area contributed by atoms with Crippen LogP contribution in [0.15, 0.2) is 59.5 Å². The van der Waals surface area contributed by atoms with Gasteiger partial charge in [-0.05, 0) is 56.6 Å². The normalized spacial score (nSPS) is 16.9. The number of carbonyl (C=O) groups excluding carboxylic acids is 2. The van der Waals surface area contributed by atoms with E-state index in [9.17, 15) is 18.0 Å². The number of hydrogen-bond acceptors (Lipinski definition) is 6. The molecule has 32 heavy (non-hydrogen) atoms. The summed E-state index contributed by atoms with van der Waals surface area (Å²) < 4.78 is 32.3. The average molecular weight is 460 g/mol. The second kappa shape index (κ2) is 10.6. The van der Waals surface area contributed by atoms with Crippen molar-refractivity contribution in [2.75, 3.05) is 42.9 Å². The molecule has 172 valence electrons. The van der Waals surface area contributed by atoms with E-state index in [1.165, 1.54) is 23.5 Å². The molecule has 1 unspecified atom stereocenters. The molecule has 1 aliphatic rings. The molecule has 1 amide bonds. The largest absolute Gasteiger partial charge is 0.466 e. The van der Waals surface area contributed by atoms with Crippen LogP contribution in [0, 0.1) is 5.92 Å². The Kier molecular flexibility index (Phi) is 7.87.